The minimum Gasteiger partial charge on any atom is -0.491 e. The Balaban J connectivity index is 1.74. The average molecular weight is 519 g/mol. The highest BCUT2D eigenvalue weighted by atomic mass is 16.6. The number of ether oxygens (including phenoxy) is 6. The predicted octanol–water partition coefficient (Wildman–Crippen LogP) is 4.66. The van der Waals surface area contributed by atoms with Crippen LogP contribution in [0, 0.1) is 13.8 Å². The Morgan fingerprint density at radius 3 is 1.81 bits per heavy atom. The smallest absolute Gasteiger partial charge is 0.128 e. The van der Waals surface area contributed by atoms with Crippen LogP contribution < -0.4 is 4.74 Å². The summed E-state index contributed by atoms with van der Waals surface area (Å²) in [5, 5.41) is 0. The summed E-state index contributed by atoms with van der Waals surface area (Å²) in [6.45, 7) is 14.0. The lowest BCUT2D eigenvalue weighted by Crippen LogP contribution is -2.38. The molecule has 208 valence electrons. The molecule has 0 atom stereocenters. The van der Waals surface area contributed by atoms with Gasteiger partial charge in [-0.2, -0.15) is 0 Å². The molecular weight excluding hydrogens is 470 g/mol. The molecule has 7 nitrogen and oxygen atoms in total. The summed E-state index contributed by atoms with van der Waals surface area (Å²) in [6.07, 6.45) is 0. The normalized spacial score (nSPS) is 11.7. The fourth-order valence-electron chi connectivity index (χ4n) is 3.75. The van der Waals surface area contributed by atoms with Gasteiger partial charge in [-0.3, -0.25) is 0 Å². The first-order chi connectivity index (χ1) is 17.9. The number of rotatable bonds is 20. The highest BCUT2D eigenvalue weighted by Crippen LogP contribution is 2.31. The van der Waals surface area contributed by atoms with Crippen LogP contribution in [0.25, 0.3) is 11.1 Å². The lowest BCUT2D eigenvalue weighted by molar-refractivity contribution is -0.901. The highest BCUT2D eigenvalue weighted by molar-refractivity contribution is 5.69. The zero-order chi connectivity index (χ0) is 26.9. The number of aryl methyl sites for hydroxylation is 2. The third-order valence-electron chi connectivity index (χ3n) is 6.25. The van der Waals surface area contributed by atoms with Gasteiger partial charge < -0.3 is 32.9 Å². The first-order valence-electron chi connectivity index (χ1n) is 13.3. The van der Waals surface area contributed by atoms with Crippen molar-refractivity contribution in [1.29, 1.82) is 0 Å². The van der Waals surface area contributed by atoms with Crippen molar-refractivity contribution in [3.8, 4) is 16.9 Å². The molecule has 0 aliphatic rings. The molecule has 0 spiro atoms. The van der Waals surface area contributed by atoms with Crippen molar-refractivity contribution in [1.82, 2.24) is 0 Å². The zero-order valence-corrected chi connectivity index (χ0v) is 23.8. The lowest BCUT2D eigenvalue weighted by Gasteiger charge is -2.29. The number of nitrogens with zero attached hydrogens (tertiary/aromatic N) is 1. The van der Waals surface area contributed by atoms with Gasteiger partial charge in [0.2, 0.25) is 0 Å². The molecule has 0 radical (unpaired) electrons. The van der Waals surface area contributed by atoms with Crippen molar-refractivity contribution < 1.29 is 32.9 Å². The van der Waals surface area contributed by atoms with Gasteiger partial charge >= 0.3 is 0 Å². The molecule has 0 N–H and O–H groups in total. The van der Waals surface area contributed by atoms with E-state index < -0.39 is 0 Å². The average Bonchev–Trinajstić information content (AvgIpc) is 2.88. The number of hydrogen-bond acceptors (Lipinski definition) is 6. The summed E-state index contributed by atoms with van der Waals surface area (Å²) < 4.78 is 34.0. The maximum atomic E-state index is 6.16. The second-order valence-corrected chi connectivity index (χ2v) is 9.84. The third kappa shape index (κ3) is 12.4. The fraction of sp³-hybridized carbons (Fsp3) is 0.600. The third-order valence-corrected chi connectivity index (χ3v) is 6.25. The molecule has 0 saturated heterocycles. The molecule has 0 aliphatic carbocycles. The van der Waals surface area contributed by atoms with E-state index in [2.05, 4.69) is 71.3 Å². The molecule has 0 aliphatic heterocycles. The first kappa shape index (κ1) is 31.2. The number of benzene rings is 2. The second-order valence-electron chi connectivity index (χ2n) is 9.84. The van der Waals surface area contributed by atoms with Gasteiger partial charge in [-0.1, -0.05) is 29.8 Å². The molecule has 0 unspecified atom stereocenters. The largest absolute Gasteiger partial charge is 0.491 e. The van der Waals surface area contributed by atoms with Crippen LogP contribution in [0.4, 0.5) is 0 Å². The fourth-order valence-corrected chi connectivity index (χ4v) is 3.75. The van der Waals surface area contributed by atoms with E-state index in [1.807, 2.05) is 0 Å². The summed E-state index contributed by atoms with van der Waals surface area (Å²) in [7, 11) is 6.16. The first-order valence-corrected chi connectivity index (χ1v) is 13.3. The van der Waals surface area contributed by atoms with E-state index in [-0.39, 0.29) is 0 Å². The van der Waals surface area contributed by atoms with Crippen molar-refractivity contribution in [2.24, 2.45) is 0 Å². The van der Waals surface area contributed by atoms with E-state index in [4.69, 9.17) is 28.4 Å². The molecule has 0 saturated carbocycles. The van der Waals surface area contributed by atoms with E-state index in [1.54, 1.807) is 7.11 Å². The molecule has 2 aromatic rings. The SMILES string of the molecule is CC[N+](C)(C)Cc1cc(-c2cc(C)ccc2C)ccc1OCCOCCOCCOCCOCCOC. The van der Waals surface area contributed by atoms with Gasteiger partial charge in [0.25, 0.3) is 0 Å². The Kier molecular flexibility index (Phi) is 14.8. The zero-order valence-electron chi connectivity index (χ0n) is 23.8. The van der Waals surface area contributed by atoms with Crippen LogP contribution in [0.1, 0.15) is 23.6 Å². The van der Waals surface area contributed by atoms with Crippen LogP contribution in [0.15, 0.2) is 36.4 Å². The molecule has 0 aromatic heterocycles. The van der Waals surface area contributed by atoms with E-state index in [9.17, 15) is 0 Å². The standard InChI is InChI=1S/C30H48NO6/c1-7-31(4,5)24-28-23-27(29-22-25(2)8-9-26(29)3)10-11-30(28)37-21-20-36-19-18-35-17-16-34-15-14-33-13-12-32-6/h8-11,22-23H,7,12-21,24H2,1-6H3/q+1. The Hall–Kier alpha value is -2.00. The van der Waals surface area contributed by atoms with E-state index in [1.165, 1.54) is 27.8 Å². The number of methoxy groups -OCH3 is 1. The molecule has 7 heteroatoms. The topological polar surface area (TPSA) is 55.4 Å². The maximum Gasteiger partial charge on any atom is 0.128 e. The Morgan fingerprint density at radius 1 is 0.676 bits per heavy atom. The van der Waals surface area contributed by atoms with Crippen LogP contribution >= 0.6 is 0 Å². The molecule has 2 aromatic carbocycles. The Labute approximate surface area is 224 Å². The molecule has 0 heterocycles. The van der Waals surface area contributed by atoms with Gasteiger partial charge in [-0.05, 0) is 49.6 Å². The minimum absolute atomic E-state index is 0.502. The molecule has 0 fully saturated rings. The van der Waals surface area contributed by atoms with Gasteiger partial charge in [0.15, 0.2) is 0 Å². The predicted molar refractivity (Wildman–Crippen MR) is 148 cm³/mol. The van der Waals surface area contributed by atoms with Crippen LogP contribution in [0.3, 0.4) is 0 Å². The van der Waals surface area contributed by atoms with Crippen molar-refractivity contribution in [3.63, 3.8) is 0 Å². The van der Waals surface area contributed by atoms with E-state index in [0.717, 1.165) is 23.3 Å². The van der Waals surface area contributed by atoms with Crippen molar-refractivity contribution >= 4 is 0 Å². The summed E-state index contributed by atoms with van der Waals surface area (Å²) in [5.41, 5.74) is 6.28. The van der Waals surface area contributed by atoms with Crippen LogP contribution in [0.5, 0.6) is 5.75 Å². The van der Waals surface area contributed by atoms with Gasteiger partial charge in [-0.25, -0.2) is 0 Å². The molecular formula is C30H48NO6+. The van der Waals surface area contributed by atoms with E-state index in [0.29, 0.717) is 66.1 Å². The van der Waals surface area contributed by atoms with Crippen LogP contribution in [-0.4, -0.2) is 98.3 Å². The maximum absolute atomic E-state index is 6.16. The van der Waals surface area contributed by atoms with Crippen LogP contribution in [-0.2, 0) is 30.2 Å². The summed E-state index contributed by atoms with van der Waals surface area (Å²) in [4.78, 5) is 0. The Bertz CT molecular complexity index is 902. The van der Waals surface area contributed by atoms with Crippen molar-refractivity contribution in [2.45, 2.75) is 27.3 Å². The van der Waals surface area contributed by atoms with Gasteiger partial charge in [0.1, 0.15) is 18.9 Å². The number of quaternary nitrogens is 1. The van der Waals surface area contributed by atoms with Crippen molar-refractivity contribution in [3.05, 3.63) is 53.1 Å². The number of hydrogen-bond donors (Lipinski definition) is 0. The summed E-state index contributed by atoms with van der Waals surface area (Å²) in [5.74, 6) is 0.928. The Morgan fingerprint density at radius 2 is 1.24 bits per heavy atom. The summed E-state index contributed by atoms with van der Waals surface area (Å²) >= 11 is 0. The van der Waals surface area contributed by atoms with Gasteiger partial charge in [-0.15, -0.1) is 0 Å². The van der Waals surface area contributed by atoms with Gasteiger partial charge in [0, 0.05) is 12.7 Å². The monoisotopic (exact) mass is 518 g/mol. The van der Waals surface area contributed by atoms with E-state index >= 15 is 0 Å². The van der Waals surface area contributed by atoms with Gasteiger partial charge in [0.05, 0.1) is 80.1 Å². The van der Waals surface area contributed by atoms with Crippen LogP contribution in [0.2, 0.25) is 0 Å². The summed E-state index contributed by atoms with van der Waals surface area (Å²) in [6, 6.07) is 13.2. The highest BCUT2D eigenvalue weighted by Gasteiger charge is 2.18. The molecule has 0 amide bonds. The lowest BCUT2D eigenvalue weighted by atomic mass is 9.96. The minimum atomic E-state index is 0.502. The molecule has 2 rings (SSSR count). The molecule has 0 bridgehead atoms. The second kappa shape index (κ2) is 17.5. The van der Waals surface area contributed by atoms with Crippen molar-refractivity contribution in [2.75, 3.05) is 93.8 Å². The quantitative estimate of drug-likeness (QED) is 0.188. The molecule has 37 heavy (non-hydrogen) atoms.